The molecule has 0 saturated carbocycles. The highest BCUT2D eigenvalue weighted by Gasteiger charge is 2.40. The van der Waals surface area contributed by atoms with Gasteiger partial charge in [-0.25, -0.2) is 4.39 Å². The smallest absolute Gasteiger partial charge is 0.161 e. The summed E-state index contributed by atoms with van der Waals surface area (Å²) >= 11 is 0. The fraction of sp³-hybridized carbons (Fsp3) is 0.455. The van der Waals surface area contributed by atoms with Gasteiger partial charge in [0, 0.05) is 5.92 Å². The average Bonchev–Trinajstić information content (AvgIpc) is 3.21. The van der Waals surface area contributed by atoms with Crippen molar-refractivity contribution in [3.8, 4) is 0 Å². The predicted molar refractivity (Wildman–Crippen MR) is 99.3 cm³/mol. The van der Waals surface area contributed by atoms with Crippen LogP contribution in [0, 0.1) is 17.7 Å². The van der Waals surface area contributed by atoms with Crippen LogP contribution in [0.5, 0.6) is 0 Å². The maximum atomic E-state index is 13.3. The monoisotopic (exact) mass is 355 g/mol. The van der Waals surface area contributed by atoms with Crippen LogP contribution in [0.3, 0.4) is 0 Å². The molecule has 0 aromatic heterocycles. The highest BCUT2D eigenvalue weighted by molar-refractivity contribution is 5.34. The Bertz CT molecular complexity index is 727. The number of fused-ring (bicyclic) bond motifs is 1. The van der Waals surface area contributed by atoms with E-state index in [2.05, 4.69) is 24.3 Å². The van der Waals surface area contributed by atoms with Gasteiger partial charge in [0.25, 0.3) is 0 Å². The fourth-order valence-corrected chi connectivity index (χ4v) is 4.66. The van der Waals surface area contributed by atoms with Crippen molar-refractivity contribution in [2.24, 2.45) is 17.6 Å². The zero-order valence-corrected chi connectivity index (χ0v) is 14.9. The summed E-state index contributed by atoms with van der Waals surface area (Å²) in [7, 11) is 0. The van der Waals surface area contributed by atoms with Gasteiger partial charge in [0.2, 0.25) is 0 Å². The summed E-state index contributed by atoms with van der Waals surface area (Å²) in [6.07, 6.45) is 2.75. The Kier molecular flexibility index (Phi) is 5.34. The van der Waals surface area contributed by atoms with Crippen molar-refractivity contribution < 1.29 is 13.9 Å². The zero-order valence-electron chi connectivity index (χ0n) is 14.9. The van der Waals surface area contributed by atoms with Gasteiger partial charge in [0.05, 0.1) is 13.2 Å². The summed E-state index contributed by atoms with van der Waals surface area (Å²) in [5.41, 5.74) is 10.1. The molecule has 2 aromatic rings. The molecular formula is C22H26FNO2. The van der Waals surface area contributed by atoms with E-state index < -0.39 is 0 Å². The number of hydrogen-bond donors (Lipinski definition) is 1. The van der Waals surface area contributed by atoms with Crippen molar-refractivity contribution >= 4 is 0 Å². The van der Waals surface area contributed by atoms with E-state index in [0.29, 0.717) is 31.6 Å². The molecule has 3 atom stereocenters. The molecule has 1 aliphatic heterocycles. The lowest BCUT2D eigenvalue weighted by molar-refractivity contribution is -0.104. The molecule has 0 amide bonds. The number of hydrogen-bond acceptors (Lipinski definition) is 3. The lowest BCUT2D eigenvalue weighted by atomic mass is 9.68. The minimum absolute atomic E-state index is 0.204. The Morgan fingerprint density at radius 3 is 2.50 bits per heavy atom. The molecule has 3 unspecified atom stereocenters. The lowest BCUT2D eigenvalue weighted by Crippen LogP contribution is -2.39. The summed E-state index contributed by atoms with van der Waals surface area (Å²) in [6.45, 7) is 1.90. The SMILES string of the molecule is NCC1c2ccccc2CCC1C(Cc1ccc(F)cc1)C1OCCO1. The first kappa shape index (κ1) is 17.7. The van der Waals surface area contributed by atoms with Crippen molar-refractivity contribution in [1.29, 1.82) is 0 Å². The normalized spacial score (nSPS) is 24.4. The molecule has 2 aliphatic rings. The van der Waals surface area contributed by atoms with Crippen LogP contribution in [-0.4, -0.2) is 26.0 Å². The van der Waals surface area contributed by atoms with Gasteiger partial charge in [-0.1, -0.05) is 36.4 Å². The lowest BCUT2D eigenvalue weighted by Gasteiger charge is -2.40. The van der Waals surface area contributed by atoms with Crippen LogP contribution in [0.15, 0.2) is 48.5 Å². The van der Waals surface area contributed by atoms with E-state index in [1.807, 2.05) is 12.1 Å². The largest absolute Gasteiger partial charge is 0.350 e. The highest BCUT2D eigenvalue weighted by atomic mass is 19.1. The van der Waals surface area contributed by atoms with E-state index in [4.69, 9.17) is 15.2 Å². The van der Waals surface area contributed by atoms with Gasteiger partial charge in [-0.05, 0) is 66.5 Å². The van der Waals surface area contributed by atoms with Gasteiger partial charge in [-0.15, -0.1) is 0 Å². The number of rotatable bonds is 5. The van der Waals surface area contributed by atoms with E-state index in [0.717, 1.165) is 24.8 Å². The maximum Gasteiger partial charge on any atom is 0.161 e. The van der Waals surface area contributed by atoms with Crippen LogP contribution in [0.25, 0.3) is 0 Å². The first-order valence-corrected chi connectivity index (χ1v) is 9.52. The van der Waals surface area contributed by atoms with E-state index in [9.17, 15) is 4.39 Å². The van der Waals surface area contributed by atoms with Crippen molar-refractivity contribution in [3.63, 3.8) is 0 Å². The van der Waals surface area contributed by atoms with E-state index in [1.54, 1.807) is 0 Å². The van der Waals surface area contributed by atoms with Crippen LogP contribution in [-0.2, 0) is 22.3 Å². The highest BCUT2D eigenvalue weighted by Crippen LogP contribution is 2.43. The average molecular weight is 355 g/mol. The number of halogens is 1. The number of benzene rings is 2. The van der Waals surface area contributed by atoms with Crippen LogP contribution in [0.1, 0.15) is 29.0 Å². The number of aryl methyl sites for hydroxylation is 1. The molecule has 2 N–H and O–H groups in total. The molecule has 1 fully saturated rings. The second-order valence-corrected chi connectivity index (χ2v) is 7.35. The Morgan fingerprint density at radius 1 is 1.04 bits per heavy atom. The Balaban J connectivity index is 1.63. The third-order valence-electron chi connectivity index (χ3n) is 5.90. The molecule has 3 nitrogen and oxygen atoms in total. The molecule has 1 aliphatic carbocycles. The Labute approximate surface area is 154 Å². The molecule has 0 spiro atoms. The minimum atomic E-state index is -0.204. The van der Waals surface area contributed by atoms with Crippen molar-refractivity contribution in [3.05, 3.63) is 71.0 Å². The molecule has 26 heavy (non-hydrogen) atoms. The van der Waals surface area contributed by atoms with Gasteiger partial charge in [-0.2, -0.15) is 0 Å². The molecule has 4 rings (SSSR count). The zero-order chi connectivity index (χ0) is 17.9. The topological polar surface area (TPSA) is 44.5 Å². The van der Waals surface area contributed by atoms with Crippen LogP contribution < -0.4 is 5.73 Å². The van der Waals surface area contributed by atoms with E-state index >= 15 is 0 Å². The third kappa shape index (κ3) is 3.54. The second-order valence-electron chi connectivity index (χ2n) is 7.35. The summed E-state index contributed by atoms with van der Waals surface area (Å²) < 4.78 is 25.1. The molecule has 0 radical (unpaired) electrons. The van der Waals surface area contributed by atoms with E-state index in [-0.39, 0.29) is 18.0 Å². The van der Waals surface area contributed by atoms with Crippen LogP contribution >= 0.6 is 0 Å². The van der Waals surface area contributed by atoms with Gasteiger partial charge in [0.15, 0.2) is 6.29 Å². The standard InChI is InChI=1S/C22H26FNO2/c23-17-8-5-15(6-9-17)13-20(22-25-11-12-26-22)19-10-7-16-3-1-2-4-18(16)21(19)14-24/h1-6,8-9,19-22H,7,10-14,24H2. The third-order valence-corrected chi connectivity index (χ3v) is 5.90. The van der Waals surface area contributed by atoms with Crippen LogP contribution in [0.4, 0.5) is 4.39 Å². The molecule has 1 heterocycles. The maximum absolute atomic E-state index is 13.3. The van der Waals surface area contributed by atoms with Crippen molar-refractivity contribution in [1.82, 2.24) is 0 Å². The van der Waals surface area contributed by atoms with Gasteiger partial charge in [-0.3, -0.25) is 0 Å². The fourth-order valence-electron chi connectivity index (χ4n) is 4.66. The summed E-state index contributed by atoms with van der Waals surface area (Å²) in [5.74, 6) is 0.705. The minimum Gasteiger partial charge on any atom is -0.350 e. The van der Waals surface area contributed by atoms with Crippen LogP contribution in [0.2, 0.25) is 0 Å². The second kappa shape index (κ2) is 7.87. The van der Waals surface area contributed by atoms with Crippen molar-refractivity contribution in [2.45, 2.75) is 31.5 Å². The molecule has 138 valence electrons. The summed E-state index contributed by atoms with van der Waals surface area (Å²) in [5, 5.41) is 0. The molecule has 1 saturated heterocycles. The molecule has 0 bridgehead atoms. The molecule has 4 heteroatoms. The van der Waals surface area contributed by atoms with Crippen molar-refractivity contribution in [2.75, 3.05) is 19.8 Å². The first-order chi connectivity index (χ1) is 12.8. The molecule has 2 aromatic carbocycles. The first-order valence-electron chi connectivity index (χ1n) is 9.52. The predicted octanol–water partition coefficient (Wildman–Crippen LogP) is 3.66. The number of ether oxygens (including phenoxy) is 2. The quantitative estimate of drug-likeness (QED) is 0.890. The Hall–Kier alpha value is -1.75. The van der Waals surface area contributed by atoms with E-state index in [1.165, 1.54) is 23.3 Å². The van der Waals surface area contributed by atoms with Gasteiger partial charge < -0.3 is 15.2 Å². The number of nitrogens with two attached hydrogens (primary N) is 1. The summed E-state index contributed by atoms with van der Waals surface area (Å²) in [4.78, 5) is 0. The van der Waals surface area contributed by atoms with Gasteiger partial charge >= 0.3 is 0 Å². The molecular weight excluding hydrogens is 329 g/mol. The van der Waals surface area contributed by atoms with Gasteiger partial charge in [0.1, 0.15) is 5.82 Å². The Morgan fingerprint density at radius 2 is 1.77 bits per heavy atom. The summed E-state index contributed by atoms with van der Waals surface area (Å²) in [6, 6.07) is 15.4.